The van der Waals surface area contributed by atoms with Crippen LogP contribution in [0.25, 0.3) is 0 Å². The minimum Gasteiger partial charge on any atom is -0.481 e. The van der Waals surface area contributed by atoms with Crippen LogP contribution < -0.4 is 16.6 Å². The van der Waals surface area contributed by atoms with E-state index in [4.69, 9.17) is 10.2 Å². The van der Waals surface area contributed by atoms with Gasteiger partial charge in [-0.15, -0.1) is 0 Å². The molecule has 0 radical (unpaired) electrons. The van der Waals surface area contributed by atoms with E-state index in [-0.39, 0.29) is 0 Å². The molecule has 0 unspecified atom stereocenters. The number of rotatable bonds is 6. The second-order valence-corrected chi connectivity index (χ2v) is 3.79. The van der Waals surface area contributed by atoms with Gasteiger partial charge < -0.3 is 15.5 Å². The highest BCUT2D eigenvalue weighted by molar-refractivity contribution is 5.86. The van der Waals surface area contributed by atoms with E-state index in [0.29, 0.717) is 0 Å². The van der Waals surface area contributed by atoms with E-state index in [2.05, 4.69) is 0 Å². The van der Waals surface area contributed by atoms with E-state index in [0.717, 1.165) is 16.8 Å². The predicted molar refractivity (Wildman–Crippen MR) is 63.1 cm³/mol. The van der Waals surface area contributed by atoms with Gasteiger partial charge in [0.2, 0.25) is 5.91 Å². The van der Waals surface area contributed by atoms with Gasteiger partial charge in [0.1, 0.15) is 12.6 Å². The smallest absolute Gasteiger partial charge is 0.328 e. The van der Waals surface area contributed by atoms with Gasteiger partial charge in [-0.3, -0.25) is 23.9 Å². The Morgan fingerprint density at radius 2 is 1.95 bits per heavy atom. The molecule has 0 aliphatic heterocycles. The molecule has 0 spiro atoms. The second-order valence-electron chi connectivity index (χ2n) is 3.79. The summed E-state index contributed by atoms with van der Waals surface area (Å²) in [5, 5.41) is 19.2. The number of nitrogens with zero attached hydrogens (tertiary/aromatic N) is 1. The van der Waals surface area contributed by atoms with Gasteiger partial charge in [-0.2, -0.15) is 0 Å². The van der Waals surface area contributed by atoms with Crippen LogP contribution in [0.1, 0.15) is 6.42 Å². The number of carbonyl (C=O) groups is 3. The third-order valence-electron chi connectivity index (χ3n) is 2.22. The maximum absolute atomic E-state index is 11.5. The SMILES string of the molecule is O=C(O)C[C@H](NC(=O)Cn1ccc(=O)[nH]c1=O)C(=O)O. The fraction of sp³-hybridized carbons (Fsp3) is 0.300. The second kappa shape index (κ2) is 6.31. The van der Waals surface area contributed by atoms with E-state index < -0.39 is 48.1 Å². The van der Waals surface area contributed by atoms with Gasteiger partial charge in [0.25, 0.3) is 5.56 Å². The fourth-order valence-corrected chi connectivity index (χ4v) is 1.34. The zero-order chi connectivity index (χ0) is 15.3. The third kappa shape index (κ3) is 4.40. The van der Waals surface area contributed by atoms with Crippen LogP contribution in [0.15, 0.2) is 21.9 Å². The zero-order valence-electron chi connectivity index (χ0n) is 10.0. The van der Waals surface area contributed by atoms with Crippen molar-refractivity contribution in [3.8, 4) is 0 Å². The number of hydrogen-bond donors (Lipinski definition) is 4. The van der Waals surface area contributed by atoms with Crippen molar-refractivity contribution >= 4 is 17.8 Å². The van der Waals surface area contributed by atoms with Crippen LogP contribution >= 0.6 is 0 Å². The van der Waals surface area contributed by atoms with Crippen LogP contribution in [-0.4, -0.2) is 43.7 Å². The molecule has 1 amide bonds. The van der Waals surface area contributed by atoms with Crippen molar-refractivity contribution in [1.29, 1.82) is 0 Å². The van der Waals surface area contributed by atoms with Gasteiger partial charge in [-0.05, 0) is 0 Å². The molecule has 108 valence electrons. The molecule has 0 aromatic carbocycles. The van der Waals surface area contributed by atoms with E-state index in [1.54, 1.807) is 0 Å². The molecule has 1 heterocycles. The van der Waals surface area contributed by atoms with E-state index in [9.17, 15) is 24.0 Å². The molecule has 0 fully saturated rings. The summed E-state index contributed by atoms with van der Waals surface area (Å²) in [6.07, 6.45) is 0.273. The van der Waals surface area contributed by atoms with Crippen LogP contribution in [0.3, 0.4) is 0 Å². The summed E-state index contributed by atoms with van der Waals surface area (Å²) in [6, 6.07) is -0.584. The van der Waals surface area contributed by atoms with Crippen LogP contribution in [0.5, 0.6) is 0 Å². The van der Waals surface area contributed by atoms with Crippen LogP contribution in [0.2, 0.25) is 0 Å². The zero-order valence-corrected chi connectivity index (χ0v) is 10.0. The number of nitrogens with one attached hydrogen (secondary N) is 2. The van der Waals surface area contributed by atoms with Gasteiger partial charge >= 0.3 is 17.6 Å². The molecule has 1 aromatic heterocycles. The maximum Gasteiger partial charge on any atom is 0.328 e. The Morgan fingerprint density at radius 1 is 1.30 bits per heavy atom. The molecule has 0 aliphatic carbocycles. The highest BCUT2D eigenvalue weighted by Crippen LogP contribution is 1.93. The molecule has 10 heteroatoms. The highest BCUT2D eigenvalue weighted by Gasteiger charge is 2.23. The lowest BCUT2D eigenvalue weighted by Gasteiger charge is -2.12. The first-order chi connectivity index (χ1) is 9.29. The van der Waals surface area contributed by atoms with Gasteiger partial charge in [-0.1, -0.05) is 0 Å². The van der Waals surface area contributed by atoms with Gasteiger partial charge in [-0.25, -0.2) is 9.59 Å². The monoisotopic (exact) mass is 285 g/mol. The number of aliphatic carboxylic acids is 2. The van der Waals surface area contributed by atoms with E-state index >= 15 is 0 Å². The van der Waals surface area contributed by atoms with Crippen molar-refractivity contribution in [3.63, 3.8) is 0 Å². The average molecular weight is 285 g/mol. The lowest BCUT2D eigenvalue weighted by atomic mass is 10.2. The lowest BCUT2D eigenvalue weighted by Crippen LogP contribution is -2.44. The number of carboxylic acids is 2. The van der Waals surface area contributed by atoms with Crippen LogP contribution in [-0.2, 0) is 20.9 Å². The Bertz CT molecular complexity index is 645. The Kier molecular flexibility index (Phi) is 4.78. The quantitative estimate of drug-likeness (QED) is 0.452. The molecule has 1 rings (SSSR count). The first-order valence-corrected chi connectivity index (χ1v) is 5.33. The van der Waals surface area contributed by atoms with Crippen molar-refractivity contribution < 1.29 is 24.6 Å². The van der Waals surface area contributed by atoms with Gasteiger partial charge in [0.05, 0.1) is 6.42 Å². The molecule has 0 saturated carbocycles. The standard InChI is InChI=1S/C10H11N3O7/c14-6-1-2-13(10(20)12-6)4-7(15)11-5(9(18)19)3-8(16)17/h1-2,5H,3-4H2,(H,11,15)(H,16,17)(H,18,19)(H,12,14,20)/t5-/m0/s1. The van der Waals surface area contributed by atoms with Gasteiger partial charge in [0.15, 0.2) is 0 Å². The van der Waals surface area contributed by atoms with Crippen molar-refractivity contribution in [3.05, 3.63) is 33.1 Å². The Labute approximate surface area is 110 Å². The Balaban J connectivity index is 2.75. The number of H-pyrrole nitrogens is 1. The van der Waals surface area contributed by atoms with Gasteiger partial charge in [0, 0.05) is 12.3 Å². The molecular weight excluding hydrogens is 274 g/mol. The number of carboxylic acid groups (broad SMARTS) is 2. The molecule has 1 aromatic rings. The molecule has 20 heavy (non-hydrogen) atoms. The summed E-state index contributed by atoms with van der Waals surface area (Å²) in [4.78, 5) is 56.7. The largest absolute Gasteiger partial charge is 0.481 e. The Morgan fingerprint density at radius 3 is 2.45 bits per heavy atom. The normalized spacial score (nSPS) is 11.6. The summed E-state index contributed by atoms with van der Waals surface area (Å²) in [5.41, 5.74) is -1.47. The average Bonchev–Trinajstić information content (AvgIpc) is 2.31. The molecule has 1 atom stereocenters. The molecule has 0 saturated heterocycles. The van der Waals surface area contributed by atoms with Crippen molar-refractivity contribution in [2.75, 3.05) is 0 Å². The molecule has 0 bridgehead atoms. The first kappa shape index (κ1) is 15.1. The van der Waals surface area contributed by atoms with Crippen molar-refractivity contribution in [1.82, 2.24) is 14.9 Å². The maximum atomic E-state index is 11.5. The summed E-state index contributed by atoms with van der Waals surface area (Å²) in [5.74, 6) is -3.76. The number of aromatic nitrogens is 2. The number of aromatic amines is 1. The summed E-state index contributed by atoms with van der Waals surface area (Å²) in [7, 11) is 0. The topological polar surface area (TPSA) is 159 Å². The van der Waals surface area contributed by atoms with Crippen molar-refractivity contribution in [2.24, 2.45) is 0 Å². The predicted octanol–water partition coefficient (Wildman–Crippen LogP) is -2.42. The number of hydrogen-bond acceptors (Lipinski definition) is 5. The molecule has 4 N–H and O–H groups in total. The van der Waals surface area contributed by atoms with E-state index in [1.807, 2.05) is 10.3 Å². The number of carbonyl (C=O) groups excluding carboxylic acids is 1. The molecular formula is C10H11N3O7. The fourth-order valence-electron chi connectivity index (χ4n) is 1.34. The minimum atomic E-state index is -1.60. The lowest BCUT2D eigenvalue weighted by molar-refractivity contribution is -0.147. The third-order valence-corrected chi connectivity index (χ3v) is 2.22. The molecule has 0 aliphatic rings. The number of amides is 1. The summed E-state index contributed by atoms with van der Waals surface area (Å²) >= 11 is 0. The highest BCUT2D eigenvalue weighted by atomic mass is 16.4. The Hall–Kier alpha value is -2.91. The van der Waals surface area contributed by atoms with Crippen LogP contribution in [0, 0.1) is 0 Å². The summed E-state index contributed by atoms with van der Waals surface area (Å²) < 4.78 is 0.844. The first-order valence-electron chi connectivity index (χ1n) is 5.33. The molecule has 10 nitrogen and oxygen atoms in total. The summed E-state index contributed by atoms with van der Waals surface area (Å²) in [6.45, 7) is -0.543. The van der Waals surface area contributed by atoms with E-state index in [1.165, 1.54) is 0 Å². The minimum absolute atomic E-state index is 0.543. The van der Waals surface area contributed by atoms with Crippen LogP contribution in [0.4, 0.5) is 0 Å². The van der Waals surface area contributed by atoms with Crippen molar-refractivity contribution in [2.45, 2.75) is 19.0 Å².